The summed E-state index contributed by atoms with van der Waals surface area (Å²) in [6.07, 6.45) is 0. The van der Waals surface area contributed by atoms with Crippen molar-refractivity contribution in [2.24, 2.45) is 0 Å². The van der Waals surface area contributed by atoms with Crippen LogP contribution in [0.3, 0.4) is 0 Å². The molecule has 2 aromatic carbocycles. The Morgan fingerprint density at radius 1 is 1.10 bits per heavy atom. The van der Waals surface area contributed by atoms with Gasteiger partial charge in [0.15, 0.2) is 11.5 Å². The van der Waals surface area contributed by atoms with Crippen molar-refractivity contribution in [3.05, 3.63) is 48.0 Å². The Hall–Kier alpha value is -2.69. The predicted molar refractivity (Wildman–Crippen MR) is 70.5 cm³/mol. The monoisotopic (exact) mass is 272 g/mol. The highest BCUT2D eigenvalue weighted by Crippen LogP contribution is 2.35. The maximum absolute atomic E-state index is 12.1. The third kappa shape index (κ3) is 2.25. The van der Waals surface area contributed by atoms with Crippen LogP contribution < -0.4 is 18.9 Å². The van der Waals surface area contributed by atoms with Gasteiger partial charge in [-0.05, 0) is 24.3 Å². The molecule has 0 atom stereocenters. The molecule has 0 aliphatic carbocycles. The van der Waals surface area contributed by atoms with Gasteiger partial charge in [-0.25, -0.2) is 4.79 Å². The lowest BCUT2D eigenvalue weighted by atomic mass is 10.2. The molecule has 0 radical (unpaired) electrons. The molecular weight excluding hydrogens is 260 g/mol. The Labute approximate surface area is 115 Å². The van der Waals surface area contributed by atoms with E-state index in [9.17, 15) is 4.79 Å². The molecule has 5 nitrogen and oxygen atoms in total. The van der Waals surface area contributed by atoms with Crippen LogP contribution >= 0.6 is 0 Å². The van der Waals surface area contributed by atoms with E-state index in [1.807, 2.05) is 0 Å². The molecule has 0 spiro atoms. The fourth-order valence-corrected chi connectivity index (χ4v) is 1.92. The Bertz CT molecular complexity index is 650. The highest BCUT2D eigenvalue weighted by molar-refractivity contribution is 5.94. The topological polar surface area (TPSA) is 54.0 Å². The molecule has 5 heteroatoms. The molecule has 1 aliphatic rings. The van der Waals surface area contributed by atoms with E-state index in [4.69, 9.17) is 18.9 Å². The van der Waals surface area contributed by atoms with Crippen molar-refractivity contribution < 1.29 is 23.7 Å². The summed E-state index contributed by atoms with van der Waals surface area (Å²) in [5, 5.41) is 0. The quantitative estimate of drug-likeness (QED) is 0.635. The number of ether oxygens (including phenoxy) is 4. The number of methoxy groups -OCH3 is 1. The summed E-state index contributed by atoms with van der Waals surface area (Å²) in [6.45, 7) is 0.180. The summed E-state index contributed by atoms with van der Waals surface area (Å²) in [7, 11) is 1.51. The number of fused-ring (bicyclic) bond motifs is 1. The van der Waals surface area contributed by atoms with E-state index in [1.165, 1.54) is 7.11 Å². The van der Waals surface area contributed by atoms with Crippen LogP contribution in [0.25, 0.3) is 0 Å². The lowest BCUT2D eigenvalue weighted by Gasteiger charge is -2.08. The molecule has 102 valence electrons. The molecule has 0 fully saturated rings. The van der Waals surface area contributed by atoms with E-state index in [1.54, 1.807) is 42.5 Å². The molecule has 0 saturated carbocycles. The largest absolute Gasteiger partial charge is 0.496 e. The molecular formula is C15H12O5. The number of benzene rings is 2. The average molecular weight is 272 g/mol. The Kier molecular flexibility index (Phi) is 3.16. The number of carbonyl (C=O) groups excluding carboxylic acids is 1. The SMILES string of the molecule is COc1ccccc1C(=O)Oc1ccc2c(c1)OCO2. The zero-order chi connectivity index (χ0) is 13.9. The van der Waals surface area contributed by atoms with Crippen LogP contribution in [0.1, 0.15) is 10.4 Å². The standard InChI is InChI=1S/C15H12O5/c1-17-12-5-3-2-4-11(12)15(16)20-10-6-7-13-14(8-10)19-9-18-13/h2-8H,9H2,1H3. The molecule has 20 heavy (non-hydrogen) atoms. The van der Waals surface area contributed by atoms with Gasteiger partial charge in [0, 0.05) is 6.07 Å². The smallest absolute Gasteiger partial charge is 0.347 e. The van der Waals surface area contributed by atoms with Crippen LogP contribution in [0.5, 0.6) is 23.0 Å². The number of carbonyl (C=O) groups is 1. The first-order valence-electron chi connectivity index (χ1n) is 6.03. The molecule has 2 aromatic rings. The van der Waals surface area contributed by atoms with Crippen molar-refractivity contribution in [3.63, 3.8) is 0 Å². The predicted octanol–water partition coefficient (Wildman–Crippen LogP) is 2.64. The molecule has 0 unspecified atom stereocenters. The van der Waals surface area contributed by atoms with Gasteiger partial charge in [-0.1, -0.05) is 12.1 Å². The summed E-state index contributed by atoms with van der Waals surface area (Å²) in [6, 6.07) is 11.9. The third-order valence-electron chi connectivity index (χ3n) is 2.88. The zero-order valence-electron chi connectivity index (χ0n) is 10.8. The van der Waals surface area contributed by atoms with Gasteiger partial charge in [0.25, 0.3) is 0 Å². The van der Waals surface area contributed by atoms with Gasteiger partial charge in [0.05, 0.1) is 7.11 Å². The van der Waals surface area contributed by atoms with E-state index in [2.05, 4.69) is 0 Å². The van der Waals surface area contributed by atoms with Crippen LogP contribution in [-0.4, -0.2) is 19.9 Å². The minimum absolute atomic E-state index is 0.180. The second-order valence-corrected chi connectivity index (χ2v) is 4.10. The highest BCUT2D eigenvalue weighted by atomic mass is 16.7. The number of para-hydroxylation sites is 1. The van der Waals surface area contributed by atoms with Gasteiger partial charge < -0.3 is 18.9 Å². The van der Waals surface area contributed by atoms with Crippen LogP contribution in [0.15, 0.2) is 42.5 Å². The molecule has 0 N–H and O–H groups in total. The van der Waals surface area contributed by atoms with Gasteiger partial charge in [0.1, 0.15) is 17.1 Å². The summed E-state index contributed by atoms with van der Waals surface area (Å²) in [5.41, 5.74) is 0.368. The van der Waals surface area contributed by atoms with Gasteiger partial charge in [-0.15, -0.1) is 0 Å². The second kappa shape index (κ2) is 5.13. The van der Waals surface area contributed by atoms with Gasteiger partial charge in [-0.2, -0.15) is 0 Å². The number of hydrogen-bond acceptors (Lipinski definition) is 5. The van der Waals surface area contributed by atoms with Crippen molar-refractivity contribution >= 4 is 5.97 Å². The Balaban J connectivity index is 1.82. The van der Waals surface area contributed by atoms with E-state index in [-0.39, 0.29) is 6.79 Å². The molecule has 1 heterocycles. The third-order valence-corrected chi connectivity index (χ3v) is 2.88. The van der Waals surface area contributed by atoms with E-state index >= 15 is 0 Å². The molecule has 3 rings (SSSR count). The summed E-state index contributed by atoms with van der Waals surface area (Å²) in [5.74, 6) is 1.59. The molecule has 0 aromatic heterocycles. The maximum Gasteiger partial charge on any atom is 0.347 e. The molecule has 0 amide bonds. The first-order chi connectivity index (χ1) is 9.78. The normalized spacial score (nSPS) is 12.1. The fraction of sp³-hybridized carbons (Fsp3) is 0.133. The van der Waals surface area contributed by atoms with E-state index < -0.39 is 5.97 Å². The van der Waals surface area contributed by atoms with Crippen molar-refractivity contribution in [3.8, 4) is 23.0 Å². The number of rotatable bonds is 3. The second-order valence-electron chi connectivity index (χ2n) is 4.10. The van der Waals surface area contributed by atoms with Gasteiger partial charge >= 0.3 is 5.97 Å². The lowest BCUT2D eigenvalue weighted by Crippen LogP contribution is -2.09. The summed E-state index contributed by atoms with van der Waals surface area (Å²) < 4.78 is 20.9. The number of hydrogen-bond donors (Lipinski definition) is 0. The lowest BCUT2D eigenvalue weighted by molar-refractivity contribution is 0.0731. The minimum atomic E-state index is -0.485. The van der Waals surface area contributed by atoms with E-state index in [0.717, 1.165) is 0 Å². The van der Waals surface area contributed by atoms with E-state index in [0.29, 0.717) is 28.6 Å². The molecule has 0 bridgehead atoms. The highest BCUT2D eigenvalue weighted by Gasteiger charge is 2.17. The fourth-order valence-electron chi connectivity index (χ4n) is 1.92. The van der Waals surface area contributed by atoms with Crippen LogP contribution in [0.4, 0.5) is 0 Å². The van der Waals surface area contributed by atoms with Crippen LogP contribution in [-0.2, 0) is 0 Å². The number of esters is 1. The van der Waals surface area contributed by atoms with Crippen LogP contribution in [0, 0.1) is 0 Å². The zero-order valence-corrected chi connectivity index (χ0v) is 10.8. The molecule has 1 aliphatic heterocycles. The van der Waals surface area contributed by atoms with Crippen molar-refractivity contribution in [2.75, 3.05) is 13.9 Å². The Morgan fingerprint density at radius 2 is 1.90 bits per heavy atom. The average Bonchev–Trinajstić information content (AvgIpc) is 2.94. The van der Waals surface area contributed by atoms with Crippen molar-refractivity contribution in [1.29, 1.82) is 0 Å². The first-order valence-corrected chi connectivity index (χ1v) is 6.03. The van der Waals surface area contributed by atoms with Gasteiger partial charge in [0.2, 0.25) is 6.79 Å². The van der Waals surface area contributed by atoms with Crippen molar-refractivity contribution in [1.82, 2.24) is 0 Å². The summed E-state index contributed by atoms with van der Waals surface area (Å²) in [4.78, 5) is 12.1. The minimum Gasteiger partial charge on any atom is -0.496 e. The maximum atomic E-state index is 12.1. The van der Waals surface area contributed by atoms with Crippen LogP contribution in [0.2, 0.25) is 0 Å². The van der Waals surface area contributed by atoms with Gasteiger partial charge in [-0.3, -0.25) is 0 Å². The van der Waals surface area contributed by atoms with Crippen molar-refractivity contribution in [2.45, 2.75) is 0 Å². The molecule has 0 saturated heterocycles. The Morgan fingerprint density at radius 3 is 2.75 bits per heavy atom. The first kappa shape index (κ1) is 12.3. The summed E-state index contributed by atoms with van der Waals surface area (Å²) >= 11 is 0.